The van der Waals surface area contributed by atoms with Crippen LogP contribution in [0.15, 0.2) is 40.4 Å². The number of fused-ring (bicyclic) bond motifs is 1. The van der Waals surface area contributed by atoms with Crippen LogP contribution in [0, 0.1) is 0 Å². The Kier molecular flexibility index (Phi) is 35.1. The van der Waals surface area contributed by atoms with Crippen LogP contribution in [0.3, 0.4) is 0 Å². The highest BCUT2D eigenvalue weighted by molar-refractivity contribution is 7.98. The molecular formula is C52H92N20O9S2. The molecule has 0 fully saturated rings. The minimum atomic E-state index is -1.35. The molecular weight excluding hydrogens is 1110 g/mol. The number of nitrogens with two attached hydrogens (primary N) is 9. The third-order valence-corrected chi connectivity index (χ3v) is 14.2. The van der Waals surface area contributed by atoms with Gasteiger partial charge in [-0.2, -0.15) is 24.4 Å². The van der Waals surface area contributed by atoms with Gasteiger partial charge in [0.25, 0.3) is 0 Å². The Hall–Kier alpha value is -6.93. The van der Waals surface area contributed by atoms with E-state index in [9.17, 15) is 43.2 Å². The fourth-order valence-electron chi connectivity index (χ4n) is 8.48. The molecule has 0 saturated heterocycles. The van der Waals surface area contributed by atoms with E-state index < -0.39 is 108 Å². The number of amides is 9. The lowest BCUT2D eigenvalue weighted by Gasteiger charge is -2.28. The second-order valence-electron chi connectivity index (χ2n) is 19.9. The zero-order valence-electron chi connectivity index (χ0n) is 47.8. The molecule has 83 heavy (non-hydrogen) atoms. The van der Waals surface area contributed by atoms with Crippen molar-refractivity contribution in [3.63, 3.8) is 0 Å². The van der Waals surface area contributed by atoms with Crippen LogP contribution in [0.2, 0.25) is 0 Å². The summed E-state index contributed by atoms with van der Waals surface area (Å²) < 4.78 is 0. The topological polar surface area (TPSA) is 525 Å². The van der Waals surface area contributed by atoms with E-state index in [1.54, 1.807) is 12.5 Å². The van der Waals surface area contributed by atoms with Gasteiger partial charge in [0.2, 0.25) is 53.2 Å². The second-order valence-corrected chi connectivity index (χ2v) is 21.3. The Balaban J connectivity index is 2.58. The molecule has 0 aliphatic rings. The highest BCUT2D eigenvalue weighted by Gasteiger charge is 2.35. The van der Waals surface area contributed by atoms with E-state index in [-0.39, 0.29) is 95.1 Å². The summed E-state index contributed by atoms with van der Waals surface area (Å²) in [5.41, 5.74) is 52.3. The van der Waals surface area contributed by atoms with Gasteiger partial charge >= 0.3 is 0 Å². The van der Waals surface area contributed by atoms with E-state index in [1.165, 1.54) is 18.7 Å². The van der Waals surface area contributed by atoms with E-state index in [4.69, 9.17) is 51.6 Å². The molecule has 0 radical (unpaired) electrons. The number of primary amides is 1. The average molecular weight is 1210 g/mol. The van der Waals surface area contributed by atoms with Crippen molar-refractivity contribution in [3.05, 3.63) is 36.0 Å². The van der Waals surface area contributed by atoms with Gasteiger partial charge in [-0.3, -0.25) is 53.1 Å². The normalized spacial score (nSPS) is 14.3. The predicted molar refractivity (Wildman–Crippen MR) is 326 cm³/mol. The molecule has 0 spiro atoms. The summed E-state index contributed by atoms with van der Waals surface area (Å²) >= 11 is 5.40. The van der Waals surface area contributed by atoms with Crippen LogP contribution < -0.4 is 94.1 Å². The monoisotopic (exact) mass is 1200 g/mol. The van der Waals surface area contributed by atoms with Crippen LogP contribution in [0.5, 0.6) is 0 Å². The van der Waals surface area contributed by atoms with Gasteiger partial charge in [0, 0.05) is 42.4 Å². The molecule has 2 rings (SSSR count). The number of thiol groups is 1. The number of hydrogen-bond donors (Lipinski definition) is 19. The molecule has 29 nitrogen and oxygen atoms in total. The number of H-pyrrole nitrogens is 1. The molecule has 0 bridgehead atoms. The van der Waals surface area contributed by atoms with Crippen LogP contribution in [-0.2, 0) is 49.6 Å². The number of thioether (sulfide) groups is 1. The first kappa shape index (κ1) is 72.2. The molecule has 1 heterocycles. The number of nitrogens with zero attached hydrogens (tertiary/aromatic N) is 2. The predicted octanol–water partition coefficient (Wildman–Crippen LogP) is -4.40. The minimum absolute atomic E-state index is 0.00217. The molecule has 27 N–H and O–H groups in total. The number of hydrogen-bond acceptors (Lipinski definition) is 17. The first-order valence-electron chi connectivity index (χ1n) is 27.9. The molecule has 31 heteroatoms. The standard InChI is InChI=1S/C52H92N20O9S2/c1-30(65-44(75)33(56)29-82)43(74)67-38(18-11-24-62-51(58)59)46(77)69-39(19-12-25-63-52(60)61)47(78)71-40(20-26-83-2)49(80)68-37(17-7-10-23-55)48(79)72-41(27-31-28-64-34-14-4-3-13-32(31)34)50(81)70-36(16-6-9-22-54)45(76)66-35(42(57)73)15-5-8-21-53/h3-4,13-14,28,30,33,35-41,64,82H,5-12,15-27,29,53-56H2,1-2H3,(H2,57,73)(H,65,75)(H,66,76)(H,67,74)(H,68,80)(H,69,77)(H,70,81)(H,71,78)(H,72,79)(H4,58,59,62)(H4,60,61,63). The highest BCUT2D eigenvalue weighted by atomic mass is 32.2. The van der Waals surface area contributed by atoms with Crippen molar-refractivity contribution in [2.24, 2.45) is 61.6 Å². The number of rotatable bonds is 43. The van der Waals surface area contributed by atoms with Gasteiger partial charge in [-0.05, 0) is 140 Å². The fraction of sp³-hybridized carbons (Fsp3) is 0.635. The second kappa shape index (κ2) is 40.3. The van der Waals surface area contributed by atoms with Gasteiger partial charge < -0.3 is 99.1 Å². The third kappa shape index (κ3) is 27.8. The van der Waals surface area contributed by atoms with Crippen LogP contribution in [0.25, 0.3) is 10.9 Å². The van der Waals surface area contributed by atoms with Crippen molar-refractivity contribution >= 4 is 100 Å². The van der Waals surface area contributed by atoms with Crippen LogP contribution in [0.4, 0.5) is 0 Å². The molecule has 9 atom stereocenters. The molecule has 0 aliphatic heterocycles. The number of carbonyl (C=O) groups excluding carboxylic acids is 9. The summed E-state index contributed by atoms with van der Waals surface area (Å²) in [6.45, 7) is 2.46. The van der Waals surface area contributed by atoms with Crippen molar-refractivity contribution in [2.45, 2.75) is 158 Å². The summed E-state index contributed by atoms with van der Waals surface area (Å²) in [4.78, 5) is 136. The Morgan fingerprint density at radius 1 is 0.518 bits per heavy atom. The smallest absolute Gasteiger partial charge is 0.243 e. The Morgan fingerprint density at radius 2 is 0.904 bits per heavy atom. The van der Waals surface area contributed by atoms with Crippen LogP contribution in [-0.4, -0.2) is 175 Å². The summed E-state index contributed by atoms with van der Waals surface area (Å²) in [7, 11) is 0. The third-order valence-electron chi connectivity index (χ3n) is 13.2. The lowest BCUT2D eigenvalue weighted by Crippen LogP contribution is -2.60. The summed E-state index contributed by atoms with van der Waals surface area (Å²) in [5, 5.41) is 22.4. The van der Waals surface area contributed by atoms with Crippen molar-refractivity contribution in [2.75, 3.05) is 50.5 Å². The SMILES string of the molecule is CSCCC(NC(=O)C(CCCN=C(N)N)NC(=O)C(CCCN=C(N)N)NC(=O)C(C)NC(=O)C(N)CS)C(=O)NC(CCCCN)C(=O)NC(Cc1c[nH]c2ccccc12)C(=O)NC(CCCCN)C(=O)NC(CCCCN)C(N)=O. The number of carbonyl (C=O) groups is 9. The zero-order chi connectivity index (χ0) is 61.9. The maximum absolute atomic E-state index is 14.7. The van der Waals surface area contributed by atoms with E-state index in [0.29, 0.717) is 62.9 Å². The average Bonchev–Trinajstić information content (AvgIpc) is 4.07. The summed E-state index contributed by atoms with van der Waals surface area (Å²) in [5.74, 6) is -6.79. The van der Waals surface area contributed by atoms with Crippen molar-refractivity contribution < 1.29 is 43.2 Å². The minimum Gasteiger partial charge on any atom is -0.370 e. The number of para-hydroxylation sites is 1. The van der Waals surface area contributed by atoms with Crippen molar-refractivity contribution in [1.82, 2.24) is 47.5 Å². The molecule has 0 aliphatic carbocycles. The summed E-state index contributed by atoms with van der Waals surface area (Å²) in [6.07, 6.45) is 6.98. The number of nitrogens with one attached hydrogen (secondary N) is 9. The van der Waals surface area contributed by atoms with Crippen molar-refractivity contribution in [3.8, 4) is 0 Å². The molecule has 9 amide bonds. The van der Waals surface area contributed by atoms with Gasteiger partial charge in [0.05, 0.1) is 6.04 Å². The highest BCUT2D eigenvalue weighted by Crippen LogP contribution is 2.20. The fourth-order valence-corrected chi connectivity index (χ4v) is 9.12. The maximum Gasteiger partial charge on any atom is 0.243 e. The first-order valence-corrected chi connectivity index (χ1v) is 30.0. The quantitative estimate of drug-likeness (QED) is 0.0129. The number of aromatic amines is 1. The number of guanidine groups is 2. The van der Waals surface area contributed by atoms with E-state index >= 15 is 0 Å². The Bertz CT molecular complexity index is 2440. The zero-order valence-corrected chi connectivity index (χ0v) is 49.5. The molecule has 9 unspecified atom stereocenters. The Morgan fingerprint density at radius 3 is 1.33 bits per heavy atom. The van der Waals surface area contributed by atoms with E-state index in [2.05, 4.69) is 70.1 Å². The lowest BCUT2D eigenvalue weighted by atomic mass is 10.0. The maximum atomic E-state index is 14.7. The number of unbranched alkanes of at least 4 members (excludes halogenated alkanes) is 3. The lowest BCUT2D eigenvalue weighted by molar-refractivity contribution is -0.136. The number of aliphatic imine (C=N–C) groups is 2. The van der Waals surface area contributed by atoms with Crippen LogP contribution >= 0.6 is 24.4 Å². The van der Waals surface area contributed by atoms with Gasteiger partial charge in [0.1, 0.15) is 48.3 Å². The largest absolute Gasteiger partial charge is 0.370 e. The molecule has 2 aromatic rings. The molecule has 1 aromatic carbocycles. The van der Waals surface area contributed by atoms with Crippen molar-refractivity contribution in [1.29, 1.82) is 0 Å². The molecule has 1 aromatic heterocycles. The summed E-state index contributed by atoms with van der Waals surface area (Å²) in [6, 6.07) is -3.63. The Labute approximate surface area is 494 Å². The van der Waals surface area contributed by atoms with Gasteiger partial charge in [-0.15, -0.1) is 0 Å². The van der Waals surface area contributed by atoms with E-state index in [0.717, 1.165) is 10.9 Å². The van der Waals surface area contributed by atoms with Gasteiger partial charge in [-0.1, -0.05) is 18.2 Å². The first-order chi connectivity index (χ1) is 39.6. The van der Waals surface area contributed by atoms with Gasteiger partial charge in [0.15, 0.2) is 11.9 Å². The van der Waals surface area contributed by atoms with Crippen LogP contribution in [0.1, 0.15) is 102 Å². The van der Waals surface area contributed by atoms with Gasteiger partial charge in [-0.25, -0.2) is 0 Å². The number of aromatic nitrogens is 1. The molecule has 0 saturated carbocycles. The molecule has 466 valence electrons. The van der Waals surface area contributed by atoms with E-state index in [1.807, 2.05) is 24.3 Å². The number of benzene rings is 1.